The van der Waals surface area contributed by atoms with Crippen LogP contribution in [-0.2, 0) is 30.4 Å². The van der Waals surface area contributed by atoms with Gasteiger partial charge in [0.15, 0.2) is 5.96 Å². The van der Waals surface area contributed by atoms with Gasteiger partial charge in [0.05, 0.1) is 6.04 Å². The summed E-state index contributed by atoms with van der Waals surface area (Å²) in [4.78, 5) is 68.6. The van der Waals surface area contributed by atoms with Gasteiger partial charge < -0.3 is 48.3 Å². The van der Waals surface area contributed by atoms with Gasteiger partial charge in [-0.25, -0.2) is 4.79 Å². The maximum absolute atomic E-state index is 13.4. The number of H-pyrrole nitrogens is 1. The van der Waals surface area contributed by atoms with Crippen molar-refractivity contribution in [2.75, 3.05) is 6.54 Å². The molecule has 0 aliphatic carbocycles. The number of fused-ring (bicyclic) bond motifs is 1. The Morgan fingerprint density at radius 3 is 2.17 bits per heavy atom. The monoisotopic (exact) mass is 560 g/mol. The van der Waals surface area contributed by atoms with Gasteiger partial charge in [0.25, 0.3) is 0 Å². The lowest BCUT2D eigenvalue weighted by Gasteiger charge is -2.24. The summed E-state index contributed by atoms with van der Waals surface area (Å²) in [5.74, 6) is -5.00. The van der Waals surface area contributed by atoms with Crippen molar-refractivity contribution in [2.24, 2.45) is 22.2 Å². The number of nitrogens with zero attached hydrogens (tertiary/aromatic N) is 1. The number of aliphatic imine (C=N–C) groups is 1. The van der Waals surface area contributed by atoms with E-state index < -0.39 is 60.2 Å². The average molecular weight is 561 g/mol. The van der Waals surface area contributed by atoms with Gasteiger partial charge in [-0.15, -0.1) is 0 Å². The number of aromatic nitrogens is 1. The lowest BCUT2D eigenvalue weighted by molar-refractivity contribution is -0.143. The molecule has 0 aliphatic heterocycles. The number of guanidine groups is 1. The highest BCUT2D eigenvalue weighted by Crippen LogP contribution is 2.19. The summed E-state index contributed by atoms with van der Waals surface area (Å²) in [5.41, 5.74) is 17.7. The highest BCUT2D eigenvalue weighted by Gasteiger charge is 2.30. The molecule has 0 aliphatic rings. The lowest BCUT2D eigenvalue weighted by Crippen LogP contribution is -2.57. The molecule has 3 amide bonds. The molecule has 1 aromatic heterocycles. The van der Waals surface area contributed by atoms with Crippen molar-refractivity contribution < 1.29 is 34.2 Å². The van der Waals surface area contributed by atoms with Crippen LogP contribution >= 0.6 is 0 Å². The lowest BCUT2D eigenvalue weighted by atomic mass is 10.0. The summed E-state index contributed by atoms with van der Waals surface area (Å²) in [6.45, 7) is 1.58. The van der Waals surface area contributed by atoms with E-state index in [-0.39, 0.29) is 38.2 Å². The van der Waals surface area contributed by atoms with Gasteiger partial charge in [-0.05, 0) is 37.8 Å². The molecule has 0 saturated carbocycles. The van der Waals surface area contributed by atoms with Crippen molar-refractivity contribution in [3.8, 4) is 0 Å². The first kappa shape index (κ1) is 31.6. The van der Waals surface area contributed by atoms with Gasteiger partial charge in [0.1, 0.15) is 18.1 Å². The Morgan fingerprint density at radius 1 is 0.925 bits per heavy atom. The number of para-hydroxylation sites is 1. The molecule has 2 rings (SSSR count). The molecule has 0 radical (unpaired) electrons. The number of benzene rings is 1. The zero-order valence-electron chi connectivity index (χ0n) is 22.1. The molecule has 0 spiro atoms. The zero-order chi connectivity index (χ0) is 29.8. The first-order valence-corrected chi connectivity index (χ1v) is 12.6. The Morgan fingerprint density at radius 2 is 1.55 bits per heavy atom. The quantitative estimate of drug-likeness (QED) is 0.0652. The van der Waals surface area contributed by atoms with Gasteiger partial charge in [-0.3, -0.25) is 24.2 Å². The second-order valence-corrected chi connectivity index (χ2v) is 9.26. The molecule has 218 valence electrons. The van der Waals surface area contributed by atoms with Gasteiger partial charge in [-0.2, -0.15) is 0 Å². The van der Waals surface area contributed by atoms with E-state index in [1.807, 2.05) is 24.3 Å². The van der Waals surface area contributed by atoms with Crippen LogP contribution in [0.2, 0.25) is 0 Å². The normalized spacial score (nSPS) is 13.8. The molecular weight excluding hydrogens is 524 g/mol. The Kier molecular flexibility index (Phi) is 11.9. The third-order valence-electron chi connectivity index (χ3n) is 5.99. The van der Waals surface area contributed by atoms with E-state index in [0.29, 0.717) is 5.56 Å². The van der Waals surface area contributed by atoms with E-state index in [4.69, 9.17) is 22.3 Å². The number of hydrogen-bond donors (Lipinski definition) is 9. The zero-order valence-corrected chi connectivity index (χ0v) is 22.1. The summed E-state index contributed by atoms with van der Waals surface area (Å²) >= 11 is 0. The predicted molar refractivity (Wildman–Crippen MR) is 146 cm³/mol. The van der Waals surface area contributed by atoms with Gasteiger partial charge in [-0.1, -0.05) is 18.2 Å². The van der Waals surface area contributed by atoms with Crippen molar-refractivity contribution in [3.05, 3.63) is 36.0 Å². The minimum absolute atomic E-state index is 0.0227. The molecule has 1 heterocycles. The number of carboxylic acids is 2. The number of nitrogens with two attached hydrogens (primary N) is 3. The van der Waals surface area contributed by atoms with Crippen LogP contribution in [0.15, 0.2) is 35.5 Å². The van der Waals surface area contributed by atoms with Crippen LogP contribution in [0.5, 0.6) is 0 Å². The summed E-state index contributed by atoms with van der Waals surface area (Å²) < 4.78 is 0. The minimum atomic E-state index is -1.40. The van der Waals surface area contributed by atoms with Crippen LogP contribution in [0.3, 0.4) is 0 Å². The van der Waals surface area contributed by atoms with Crippen molar-refractivity contribution in [1.29, 1.82) is 0 Å². The molecule has 0 fully saturated rings. The molecule has 4 unspecified atom stereocenters. The number of carbonyl (C=O) groups is 5. The smallest absolute Gasteiger partial charge is 0.326 e. The number of carbonyl (C=O) groups excluding carboxylic acids is 3. The predicted octanol–water partition coefficient (Wildman–Crippen LogP) is -1.48. The minimum Gasteiger partial charge on any atom is -0.481 e. The second kappa shape index (κ2) is 15.1. The molecule has 2 aromatic rings. The summed E-state index contributed by atoms with van der Waals surface area (Å²) in [5, 5.41) is 26.9. The van der Waals surface area contributed by atoms with E-state index in [9.17, 15) is 29.1 Å². The topological polar surface area (TPSA) is 268 Å². The Balaban J connectivity index is 2.23. The Bertz CT molecular complexity index is 1240. The Hall–Kier alpha value is -4.66. The van der Waals surface area contributed by atoms with Crippen molar-refractivity contribution in [1.82, 2.24) is 20.9 Å². The molecule has 15 heteroatoms. The van der Waals surface area contributed by atoms with Crippen molar-refractivity contribution in [3.63, 3.8) is 0 Å². The summed E-state index contributed by atoms with van der Waals surface area (Å²) in [6, 6.07) is 2.49. The van der Waals surface area contributed by atoms with Crippen LogP contribution in [0, 0.1) is 0 Å². The SMILES string of the molecule is CC(N)C(=O)NC(Cc1c[nH]c2ccccc12)C(=O)NC(CCC(=O)O)C(=O)NC(CCCN=C(N)N)C(=O)O. The first-order chi connectivity index (χ1) is 18.9. The average Bonchev–Trinajstić information content (AvgIpc) is 3.29. The van der Waals surface area contributed by atoms with Crippen molar-refractivity contribution >= 4 is 46.5 Å². The largest absolute Gasteiger partial charge is 0.481 e. The van der Waals surface area contributed by atoms with Crippen LogP contribution in [0.25, 0.3) is 10.9 Å². The number of aromatic amines is 1. The van der Waals surface area contributed by atoms with Crippen LogP contribution in [-0.4, -0.2) is 81.5 Å². The van der Waals surface area contributed by atoms with E-state index in [1.54, 1.807) is 6.20 Å². The van der Waals surface area contributed by atoms with Crippen LogP contribution < -0.4 is 33.2 Å². The number of aliphatic carboxylic acids is 2. The number of amides is 3. The number of nitrogens with one attached hydrogen (secondary N) is 4. The Labute approximate surface area is 229 Å². The van der Waals surface area contributed by atoms with E-state index in [0.717, 1.165) is 10.9 Å². The van der Waals surface area contributed by atoms with E-state index in [1.165, 1.54) is 6.92 Å². The van der Waals surface area contributed by atoms with Crippen LogP contribution in [0.4, 0.5) is 0 Å². The highest BCUT2D eigenvalue weighted by atomic mass is 16.4. The molecule has 0 bridgehead atoms. The fraction of sp³-hybridized carbons (Fsp3) is 0.440. The standard InChI is InChI=1S/C25H36N8O7/c1-13(26)21(36)33-19(11-14-12-30-16-6-3-2-5-15(14)16)23(38)31-17(8-9-20(34)35)22(37)32-18(24(39)40)7-4-10-29-25(27)28/h2-3,5-6,12-13,17-19,30H,4,7-11,26H2,1H3,(H,31,38)(H,32,37)(H,33,36)(H,34,35)(H,39,40)(H4,27,28,29). The van der Waals surface area contributed by atoms with E-state index in [2.05, 4.69) is 25.9 Å². The summed E-state index contributed by atoms with van der Waals surface area (Å²) in [6.07, 6.45) is 1.12. The van der Waals surface area contributed by atoms with Gasteiger partial charge in [0.2, 0.25) is 17.7 Å². The molecular formula is C25H36N8O7. The van der Waals surface area contributed by atoms with Crippen molar-refractivity contribution in [2.45, 2.75) is 63.2 Å². The molecule has 1 aromatic carbocycles. The summed E-state index contributed by atoms with van der Waals surface area (Å²) in [7, 11) is 0. The third kappa shape index (κ3) is 9.90. The van der Waals surface area contributed by atoms with Crippen LogP contribution in [0.1, 0.15) is 38.2 Å². The first-order valence-electron chi connectivity index (χ1n) is 12.6. The maximum atomic E-state index is 13.4. The van der Waals surface area contributed by atoms with E-state index >= 15 is 0 Å². The number of hydrogen-bond acceptors (Lipinski definition) is 7. The number of rotatable bonds is 16. The fourth-order valence-electron chi connectivity index (χ4n) is 3.88. The maximum Gasteiger partial charge on any atom is 0.326 e. The van der Waals surface area contributed by atoms with Gasteiger partial charge >= 0.3 is 11.9 Å². The van der Waals surface area contributed by atoms with Gasteiger partial charge in [0, 0.05) is 36.5 Å². The molecule has 12 N–H and O–H groups in total. The molecule has 15 nitrogen and oxygen atoms in total. The molecule has 4 atom stereocenters. The molecule has 0 saturated heterocycles. The second-order valence-electron chi connectivity index (χ2n) is 9.26. The fourth-order valence-corrected chi connectivity index (χ4v) is 3.88. The molecule has 40 heavy (non-hydrogen) atoms. The number of carboxylic acid groups (broad SMARTS) is 2. The highest BCUT2D eigenvalue weighted by molar-refractivity contribution is 5.95. The third-order valence-corrected chi connectivity index (χ3v) is 5.99.